The quantitative estimate of drug-likeness (QED) is 0.309. The van der Waals surface area contributed by atoms with E-state index in [-0.39, 0.29) is 32.7 Å². The molecule has 0 aliphatic carbocycles. The molecule has 137 valence electrons. The molecule has 0 nitrogen and oxygen atoms in total. The fourth-order valence-electron chi connectivity index (χ4n) is 2.44. The van der Waals surface area contributed by atoms with Crippen molar-refractivity contribution in [2.75, 3.05) is 0 Å². The van der Waals surface area contributed by atoms with Crippen LogP contribution in [-0.2, 0) is 45.6 Å². The molecule has 0 aliphatic rings. The molecule has 0 bridgehead atoms. The van der Waals surface area contributed by atoms with E-state index in [0.717, 1.165) is 12.8 Å². The van der Waals surface area contributed by atoms with Gasteiger partial charge in [-0.1, -0.05) is 99.5 Å². The standard InChI is InChI=1S/C20H17.2C2H6.H3P.Y/c1-3-8-17(9-4-1)14-19-12-7-13-20(16-19)15-18-10-5-2-6-11-18;2*1-2;;/h1-6,8-13,16H,14-15H2;2*1-2H3;1H3;/q-1;;;;/i;;;1D;. The van der Waals surface area contributed by atoms with Gasteiger partial charge in [-0.05, 0) is 12.8 Å². The summed E-state index contributed by atoms with van der Waals surface area (Å²) in [6, 6.07) is 30.9. The summed E-state index contributed by atoms with van der Waals surface area (Å²) >= 11 is 0. The zero-order valence-corrected chi connectivity index (χ0v) is 20.6. The first-order valence-corrected chi connectivity index (χ1v) is 8.97. The normalized spacial score (nSPS) is 8.73. The first-order chi connectivity index (χ1) is 12.9. The summed E-state index contributed by atoms with van der Waals surface area (Å²) in [4.78, 5) is 0. The average molecular weight is 441 g/mol. The van der Waals surface area contributed by atoms with E-state index < -0.39 is 0 Å². The van der Waals surface area contributed by atoms with Gasteiger partial charge in [-0.25, -0.2) is 0 Å². The molecule has 0 saturated carbocycles. The molecular weight excluding hydrogens is 408 g/mol. The van der Waals surface area contributed by atoms with Crippen LogP contribution in [0.3, 0.4) is 0 Å². The molecule has 0 spiro atoms. The van der Waals surface area contributed by atoms with Gasteiger partial charge >= 0.3 is 0 Å². The van der Waals surface area contributed by atoms with Crippen LogP contribution in [0, 0.1) is 6.07 Å². The third-order valence-electron chi connectivity index (χ3n) is 3.41. The van der Waals surface area contributed by atoms with Crippen LogP contribution in [0.5, 0.6) is 0 Å². The zero-order chi connectivity index (χ0) is 19.6. The number of rotatable bonds is 4. The largest absolute Gasteiger partial charge is 0.183 e. The Hall–Kier alpha value is -0.806. The summed E-state index contributed by atoms with van der Waals surface area (Å²) in [7, 11) is 1.67. The maximum Gasteiger partial charge on any atom is 0.0511 e. The average Bonchev–Trinajstić information content (AvgIpc) is 2.74. The van der Waals surface area contributed by atoms with Crippen molar-refractivity contribution in [3.8, 4) is 0 Å². The Kier molecular flexibility index (Phi) is 17.1. The minimum absolute atomic E-state index is 0. The number of hydrogen-bond acceptors (Lipinski definition) is 0. The molecule has 3 aromatic carbocycles. The minimum atomic E-state index is 0. The summed E-state index contributed by atoms with van der Waals surface area (Å²) in [6.07, 6.45) is 1.94. The van der Waals surface area contributed by atoms with Crippen LogP contribution in [0.1, 0.15) is 49.9 Å². The van der Waals surface area contributed by atoms with Crippen LogP contribution in [-0.4, -0.2) is 1.28 Å². The van der Waals surface area contributed by atoms with Gasteiger partial charge in [0.2, 0.25) is 0 Å². The Bertz CT molecular complexity index is 615. The fourth-order valence-corrected chi connectivity index (χ4v) is 2.44. The van der Waals surface area contributed by atoms with Crippen molar-refractivity contribution in [1.82, 2.24) is 0 Å². The summed E-state index contributed by atoms with van der Waals surface area (Å²) < 4.78 is 5.67. The van der Waals surface area contributed by atoms with Crippen molar-refractivity contribution in [2.45, 2.75) is 40.5 Å². The third kappa shape index (κ3) is 10.4. The van der Waals surface area contributed by atoms with E-state index in [1.807, 2.05) is 27.7 Å². The smallest absolute Gasteiger partial charge is 0.0511 e. The Morgan fingerprint density at radius 2 is 1.00 bits per heavy atom. The van der Waals surface area contributed by atoms with Gasteiger partial charge in [-0.3, -0.25) is 0 Å². The second-order valence-electron chi connectivity index (χ2n) is 5.07. The maximum atomic E-state index is 5.67. The molecule has 0 aliphatic heterocycles. The number of hydrogen-bond donors (Lipinski definition) is 0. The van der Waals surface area contributed by atoms with E-state index >= 15 is 0 Å². The van der Waals surface area contributed by atoms with E-state index in [1.165, 1.54) is 22.3 Å². The van der Waals surface area contributed by atoms with Gasteiger partial charge in [0.15, 0.2) is 0 Å². The monoisotopic (exact) mass is 441 g/mol. The fraction of sp³-hybridized carbons (Fsp3) is 0.250. The van der Waals surface area contributed by atoms with Crippen LogP contribution in [0.2, 0.25) is 0 Å². The van der Waals surface area contributed by atoms with Crippen molar-refractivity contribution in [3.63, 3.8) is 0 Å². The SMILES string of the molecule is CC.CC.[2H]P.[Y].[c-]1cc(Cc2ccccc2)cc(Cc2ccccc2)c1. The molecule has 3 aromatic rings. The van der Waals surface area contributed by atoms with E-state index in [2.05, 4.69) is 84.9 Å². The first kappa shape index (κ1) is 25.2. The van der Waals surface area contributed by atoms with Gasteiger partial charge in [0.1, 0.15) is 0 Å². The van der Waals surface area contributed by atoms with Gasteiger partial charge in [0, 0.05) is 32.7 Å². The molecule has 26 heavy (non-hydrogen) atoms. The Morgan fingerprint density at radius 1 is 0.654 bits per heavy atom. The van der Waals surface area contributed by atoms with Crippen molar-refractivity contribution < 1.29 is 32.7 Å². The predicted molar refractivity (Wildman–Crippen MR) is 118 cm³/mol. The molecule has 2 heteroatoms. The van der Waals surface area contributed by atoms with E-state index in [9.17, 15) is 0 Å². The Morgan fingerprint density at radius 3 is 1.35 bits per heavy atom. The summed E-state index contributed by atoms with van der Waals surface area (Å²) in [5, 5.41) is 0. The number of benzene rings is 3. The van der Waals surface area contributed by atoms with Gasteiger partial charge < -0.3 is 0 Å². The summed E-state index contributed by atoms with van der Waals surface area (Å²) in [6.45, 7) is 8.00. The van der Waals surface area contributed by atoms with Crippen molar-refractivity contribution in [1.29, 1.82) is 1.28 Å². The third-order valence-corrected chi connectivity index (χ3v) is 3.41. The van der Waals surface area contributed by atoms with E-state index in [4.69, 9.17) is 1.28 Å². The minimum Gasteiger partial charge on any atom is -0.183 e. The van der Waals surface area contributed by atoms with Crippen LogP contribution in [0.15, 0.2) is 78.9 Å². The van der Waals surface area contributed by atoms with Crippen LogP contribution in [0.4, 0.5) is 0 Å². The van der Waals surface area contributed by atoms with Gasteiger partial charge in [-0.15, -0.1) is 0 Å². The van der Waals surface area contributed by atoms with E-state index in [1.54, 1.807) is 9.84 Å². The second-order valence-corrected chi connectivity index (χ2v) is 5.07. The Balaban J connectivity index is 0. The molecule has 1 atom stereocenters. The molecule has 3 rings (SSSR count). The topological polar surface area (TPSA) is 0 Å². The van der Waals surface area contributed by atoms with Crippen molar-refractivity contribution >= 4 is 9.84 Å². The molecule has 1 radical (unpaired) electrons. The summed E-state index contributed by atoms with van der Waals surface area (Å²) in [5.41, 5.74) is 5.34. The first-order valence-electron chi connectivity index (χ1n) is 9.54. The molecule has 0 saturated heterocycles. The van der Waals surface area contributed by atoms with Crippen LogP contribution in [0.25, 0.3) is 0 Å². The van der Waals surface area contributed by atoms with Crippen molar-refractivity contribution in [3.05, 3.63) is 107 Å². The molecule has 0 fully saturated rings. The molecule has 1 unspecified atom stereocenters. The molecular formula is C24H32PY-. The second kappa shape index (κ2) is 17.6. The molecule has 0 amide bonds. The zero-order valence-electron chi connectivity index (χ0n) is 17.6. The van der Waals surface area contributed by atoms with Crippen LogP contribution < -0.4 is 0 Å². The van der Waals surface area contributed by atoms with Gasteiger partial charge in [0.05, 0.1) is 1.28 Å². The maximum absolute atomic E-state index is 5.67. The predicted octanol–water partition coefficient (Wildman–Crippen LogP) is 6.78. The van der Waals surface area contributed by atoms with Gasteiger partial charge in [0.25, 0.3) is 0 Å². The molecule has 0 heterocycles. The molecule has 0 N–H and O–H groups in total. The van der Waals surface area contributed by atoms with E-state index in [0.29, 0.717) is 0 Å². The van der Waals surface area contributed by atoms with Crippen molar-refractivity contribution in [2.24, 2.45) is 0 Å². The summed E-state index contributed by atoms with van der Waals surface area (Å²) in [5.74, 6) is 0. The van der Waals surface area contributed by atoms with Gasteiger partial charge in [-0.2, -0.15) is 45.2 Å². The van der Waals surface area contributed by atoms with Crippen LogP contribution >= 0.6 is 9.84 Å². The Labute approximate surface area is 190 Å². The molecule has 0 aromatic heterocycles.